The number of esters is 1. The Labute approximate surface area is 160 Å². The van der Waals surface area contributed by atoms with Crippen LogP contribution in [-0.4, -0.2) is 17.5 Å². The highest BCUT2D eigenvalue weighted by Gasteiger charge is 2.53. The van der Waals surface area contributed by atoms with E-state index in [1.54, 1.807) is 0 Å². The van der Waals surface area contributed by atoms with E-state index in [4.69, 9.17) is 4.74 Å². The molecule has 0 aliphatic rings. The first kappa shape index (κ1) is 27.1. The first-order valence-electron chi connectivity index (χ1n) is 10.3. The third-order valence-corrected chi connectivity index (χ3v) is 5.41. The smallest absolute Gasteiger partial charge is 0.303 e. The third-order valence-electron chi connectivity index (χ3n) is 5.41. The van der Waals surface area contributed by atoms with Crippen LogP contribution >= 0.6 is 0 Å². The first-order valence-corrected chi connectivity index (χ1v) is 10.3. The summed E-state index contributed by atoms with van der Waals surface area (Å²) in [5.74, 6) is -1.73. The van der Waals surface area contributed by atoms with Crippen molar-refractivity contribution in [1.82, 2.24) is 6.15 Å². The van der Waals surface area contributed by atoms with E-state index >= 15 is 0 Å². The fourth-order valence-electron chi connectivity index (χ4n) is 3.98. The predicted molar refractivity (Wildman–Crippen MR) is 106 cm³/mol. The van der Waals surface area contributed by atoms with Crippen LogP contribution in [0, 0.1) is 5.41 Å². The maximum absolute atomic E-state index is 12.4. The van der Waals surface area contributed by atoms with Crippen LogP contribution in [0.2, 0.25) is 0 Å². The van der Waals surface area contributed by atoms with E-state index in [1.165, 1.54) is 6.92 Å². The molecule has 0 aromatic heterocycles. The normalized spacial score (nSPS) is 13.6. The van der Waals surface area contributed by atoms with E-state index in [2.05, 4.69) is 20.8 Å². The van der Waals surface area contributed by atoms with Crippen LogP contribution in [0.3, 0.4) is 0 Å². The summed E-state index contributed by atoms with van der Waals surface area (Å²) >= 11 is 0. The monoisotopic (exact) mass is 373 g/mol. The number of carbonyl (C=O) groups excluding carboxylic acids is 2. The van der Waals surface area contributed by atoms with Gasteiger partial charge in [-0.25, -0.2) is 0 Å². The fraction of sp³-hybridized carbons (Fsp3) is 0.905. The SMILES string of the molecule is CCCCC(CCCC)(CCCC)C(CCCC)(OC(C)=O)C(=O)[O-].[NH4+]. The molecule has 5 nitrogen and oxygen atoms in total. The number of hydrogen-bond acceptors (Lipinski definition) is 4. The van der Waals surface area contributed by atoms with Crippen molar-refractivity contribution in [1.29, 1.82) is 0 Å². The van der Waals surface area contributed by atoms with Crippen molar-refractivity contribution in [3.8, 4) is 0 Å². The fourth-order valence-corrected chi connectivity index (χ4v) is 3.98. The highest BCUT2D eigenvalue weighted by atomic mass is 16.6. The summed E-state index contributed by atoms with van der Waals surface area (Å²) < 4.78 is 5.66. The Hall–Kier alpha value is -1.10. The maximum Gasteiger partial charge on any atom is 0.303 e. The molecular formula is C21H43NO4. The number of rotatable bonds is 15. The van der Waals surface area contributed by atoms with Gasteiger partial charge >= 0.3 is 5.97 Å². The number of carbonyl (C=O) groups is 2. The molecule has 4 N–H and O–H groups in total. The van der Waals surface area contributed by atoms with E-state index in [-0.39, 0.29) is 6.15 Å². The van der Waals surface area contributed by atoms with Gasteiger partial charge in [0.1, 0.15) is 0 Å². The Balaban J connectivity index is 0. The molecule has 1 unspecified atom stereocenters. The number of aliphatic carboxylic acids is 1. The van der Waals surface area contributed by atoms with Gasteiger partial charge in [-0.15, -0.1) is 0 Å². The van der Waals surface area contributed by atoms with Crippen LogP contribution in [0.5, 0.6) is 0 Å². The molecule has 0 aliphatic carbocycles. The van der Waals surface area contributed by atoms with Gasteiger partial charge in [0, 0.05) is 12.3 Å². The molecule has 0 fully saturated rings. The molecule has 0 spiro atoms. The van der Waals surface area contributed by atoms with Crippen LogP contribution in [0.25, 0.3) is 0 Å². The van der Waals surface area contributed by atoms with E-state index in [0.29, 0.717) is 12.8 Å². The Bertz CT molecular complexity index is 376. The lowest BCUT2D eigenvalue weighted by molar-refractivity contribution is -0.336. The molecule has 26 heavy (non-hydrogen) atoms. The second kappa shape index (κ2) is 14.0. The van der Waals surface area contributed by atoms with Gasteiger partial charge in [0.2, 0.25) is 0 Å². The predicted octanol–water partition coefficient (Wildman–Crippen LogP) is 5.16. The van der Waals surface area contributed by atoms with E-state index in [9.17, 15) is 14.7 Å². The molecule has 0 amide bonds. The third kappa shape index (κ3) is 7.26. The van der Waals surface area contributed by atoms with Gasteiger partial charge in [-0.2, -0.15) is 0 Å². The van der Waals surface area contributed by atoms with Gasteiger partial charge in [-0.05, 0) is 32.1 Å². The molecule has 0 saturated heterocycles. The van der Waals surface area contributed by atoms with Crippen molar-refractivity contribution in [3.63, 3.8) is 0 Å². The quantitative estimate of drug-likeness (QED) is 0.400. The lowest BCUT2D eigenvalue weighted by Gasteiger charge is -2.51. The highest BCUT2D eigenvalue weighted by molar-refractivity contribution is 5.81. The van der Waals surface area contributed by atoms with Gasteiger partial charge in [0.05, 0.1) is 5.97 Å². The summed E-state index contributed by atoms with van der Waals surface area (Å²) in [6, 6.07) is 0. The molecule has 0 aliphatic heterocycles. The molecule has 5 heteroatoms. The van der Waals surface area contributed by atoms with E-state index in [0.717, 1.165) is 64.2 Å². The molecule has 0 heterocycles. The van der Waals surface area contributed by atoms with Crippen LogP contribution in [0.4, 0.5) is 0 Å². The summed E-state index contributed by atoms with van der Waals surface area (Å²) in [6.45, 7) is 9.68. The number of quaternary nitrogens is 1. The molecular weight excluding hydrogens is 330 g/mol. The van der Waals surface area contributed by atoms with Crippen molar-refractivity contribution in [2.24, 2.45) is 5.41 Å². The molecule has 0 radical (unpaired) electrons. The average Bonchev–Trinajstić information content (AvgIpc) is 2.57. The molecule has 0 aromatic carbocycles. The van der Waals surface area contributed by atoms with E-state index in [1.807, 2.05) is 6.92 Å². The molecule has 0 bridgehead atoms. The van der Waals surface area contributed by atoms with Gasteiger partial charge < -0.3 is 20.8 Å². The zero-order valence-corrected chi connectivity index (χ0v) is 18.1. The number of hydrogen-bond donors (Lipinski definition) is 1. The molecule has 0 saturated carbocycles. The largest absolute Gasteiger partial charge is 0.546 e. The topological polar surface area (TPSA) is 103 Å². The summed E-state index contributed by atoms with van der Waals surface area (Å²) in [6.07, 6.45) is 10.1. The molecule has 0 aromatic rings. The minimum atomic E-state index is -1.51. The van der Waals surface area contributed by atoms with Crippen LogP contribution in [0.15, 0.2) is 0 Å². The van der Waals surface area contributed by atoms with Crippen LogP contribution < -0.4 is 11.3 Å². The lowest BCUT2D eigenvalue weighted by Crippen LogP contribution is -2.62. The summed E-state index contributed by atoms with van der Waals surface area (Å²) in [7, 11) is 0. The summed E-state index contributed by atoms with van der Waals surface area (Å²) in [5, 5.41) is 12.4. The number of carboxylic acid groups (broad SMARTS) is 1. The summed E-state index contributed by atoms with van der Waals surface area (Å²) in [4.78, 5) is 24.3. The van der Waals surface area contributed by atoms with Gasteiger partial charge in [0.25, 0.3) is 0 Å². The average molecular weight is 374 g/mol. The summed E-state index contributed by atoms with van der Waals surface area (Å²) in [5.41, 5.74) is -2.04. The number of carboxylic acids is 1. The Morgan fingerprint density at radius 2 is 1.12 bits per heavy atom. The zero-order chi connectivity index (χ0) is 19.3. The van der Waals surface area contributed by atoms with Crippen molar-refractivity contribution < 1.29 is 19.4 Å². The minimum absolute atomic E-state index is 0. The molecule has 1 atom stereocenters. The van der Waals surface area contributed by atoms with Gasteiger partial charge in [-0.3, -0.25) is 4.79 Å². The highest BCUT2D eigenvalue weighted by Crippen LogP contribution is 2.50. The Morgan fingerprint density at radius 3 is 1.38 bits per heavy atom. The lowest BCUT2D eigenvalue weighted by atomic mass is 9.61. The first-order chi connectivity index (χ1) is 11.9. The van der Waals surface area contributed by atoms with Crippen molar-refractivity contribution in [2.75, 3.05) is 0 Å². The minimum Gasteiger partial charge on any atom is -0.546 e. The molecule has 0 rings (SSSR count). The van der Waals surface area contributed by atoms with Crippen molar-refractivity contribution >= 4 is 11.9 Å². The maximum atomic E-state index is 12.4. The standard InChI is InChI=1S/C21H40O4.H3N/c1-6-10-14-20(15-11-7-2,16-12-8-3)21(19(23)24,17-13-9-4)25-18(5)22;/h6-17H2,1-5H3,(H,23,24);1H3. The Morgan fingerprint density at radius 1 is 0.769 bits per heavy atom. The van der Waals surface area contributed by atoms with E-state index < -0.39 is 23.0 Å². The van der Waals surface area contributed by atoms with Crippen LogP contribution in [-0.2, 0) is 14.3 Å². The van der Waals surface area contributed by atoms with Crippen molar-refractivity contribution in [2.45, 2.75) is 117 Å². The van der Waals surface area contributed by atoms with Crippen molar-refractivity contribution in [3.05, 3.63) is 0 Å². The van der Waals surface area contributed by atoms with Gasteiger partial charge in [0.15, 0.2) is 5.60 Å². The zero-order valence-electron chi connectivity index (χ0n) is 18.1. The second-order valence-corrected chi connectivity index (χ2v) is 7.40. The second-order valence-electron chi connectivity index (χ2n) is 7.40. The van der Waals surface area contributed by atoms with Crippen LogP contribution in [0.1, 0.15) is 112 Å². The van der Waals surface area contributed by atoms with Gasteiger partial charge in [-0.1, -0.05) is 72.6 Å². The number of ether oxygens (including phenoxy) is 1. The number of unbranched alkanes of at least 4 members (excludes halogenated alkanes) is 4. The Kier molecular flexibility index (Phi) is 14.6. The molecule has 156 valence electrons.